The lowest BCUT2D eigenvalue weighted by molar-refractivity contribution is 0.0697. The van der Waals surface area contributed by atoms with Gasteiger partial charge in [0.05, 0.1) is 11.7 Å². The highest BCUT2D eigenvalue weighted by atomic mass is 16.5. The van der Waals surface area contributed by atoms with Gasteiger partial charge in [-0.05, 0) is 37.5 Å². The van der Waals surface area contributed by atoms with E-state index in [4.69, 9.17) is 9.84 Å². The second kappa shape index (κ2) is 6.33. The first kappa shape index (κ1) is 13.5. The van der Waals surface area contributed by atoms with Gasteiger partial charge in [-0.3, -0.25) is 4.79 Å². The number of carbonyl (C=O) groups excluding carboxylic acids is 1. The predicted molar refractivity (Wildman–Crippen MR) is 69.3 cm³/mol. The number of aromatic carboxylic acids is 1. The van der Waals surface area contributed by atoms with Crippen molar-refractivity contribution in [3.05, 3.63) is 35.4 Å². The van der Waals surface area contributed by atoms with Gasteiger partial charge in [0.1, 0.15) is 0 Å². The fourth-order valence-corrected chi connectivity index (χ4v) is 2.11. The van der Waals surface area contributed by atoms with E-state index in [2.05, 4.69) is 5.32 Å². The lowest BCUT2D eigenvalue weighted by atomic mass is 10.1. The number of carboxylic acid groups (broad SMARTS) is 1. The van der Waals surface area contributed by atoms with Crippen LogP contribution in [-0.4, -0.2) is 36.2 Å². The molecule has 1 heterocycles. The molecule has 1 aromatic rings. The normalized spacial score (nSPS) is 18.2. The second-order valence-electron chi connectivity index (χ2n) is 4.57. The quantitative estimate of drug-likeness (QED) is 0.847. The van der Waals surface area contributed by atoms with E-state index in [-0.39, 0.29) is 17.6 Å². The Kier molecular flexibility index (Phi) is 4.52. The number of hydrogen-bond donors (Lipinski definition) is 2. The highest BCUT2D eigenvalue weighted by molar-refractivity contribution is 5.97. The predicted octanol–water partition coefficient (Wildman–Crippen LogP) is 1.68. The van der Waals surface area contributed by atoms with Crippen LogP contribution in [0.5, 0.6) is 0 Å². The van der Waals surface area contributed by atoms with Crippen molar-refractivity contribution in [2.45, 2.75) is 25.4 Å². The molecule has 102 valence electrons. The van der Waals surface area contributed by atoms with Crippen LogP contribution in [0.4, 0.5) is 0 Å². The Morgan fingerprint density at radius 1 is 1.37 bits per heavy atom. The average Bonchev–Trinajstić information content (AvgIpc) is 2.92. The number of ether oxygens (including phenoxy) is 1. The number of carbonyl (C=O) groups is 2. The summed E-state index contributed by atoms with van der Waals surface area (Å²) >= 11 is 0. The summed E-state index contributed by atoms with van der Waals surface area (Å²) in [6, 6.07) is 6.02. The molecule has 1 amide bonds. The summed E-state index contributed by atoms with van der Waals surface area (Å²) in [5.41, 5.74) is 0.485. The third kappa shape index (κ3) is 3.79. The monoisotopic (exact) mass is 263 g/mol. The van der Waals surface area contributed by atoms with Crippen LogP contribution < -0.4 is 5.32 Å². The van der Waals surface area contributed by atoms with Crippen molar-refractivity contribution < 1.29 is 19.4 Å². The Hall–Kier alpha value is -1.88. The summed E-state index contributed by atoms with van der Waals surface area (Å²) in [6.07, 6.45) is 3.17. The Labute approximate surface area is 111 Å². The maximum Gasteiger partial charge on any atom is 0.335 e. The number of nitrogens with one attached hydrogen (secondary N) is 1. The van der Waals surface area contributed by atoms with Gasteiger partial charge in [-0.15, -0.1) is 0 Å². The van der Waals surface area contributed by atoms with Crippen molar-refractivity contribution >= 4 is 11.9 Å². The van der Waals surface area contributed by atoms with Gasteiger partial charge >= 0.3 is 5.97 Å². The molecular formula is C14H17NO4. The van der Waals surface area contributed by atoms with Crippen LogP contribution >= 0.6 is 0 Å². The molecule has 0 spiro atoms. The van der Waals surface area contributed by atoms with Crippen LogP contribution in [0.25, 0.3) is 0 Å². The van der Waals surface area contributed by atoms with Crippen molar-refractivity contribution in [3.8, 4) is 0 Å². The maximum absolute atomic E-state index is 11.8. The van der Waals surface area contributed by atoms with E-state index in [0.29, 0.717) is 12.1 Å². The largest absolute Gasteiger partial charge is 0.478 e. The van der Waals surface area contributed by atoms with E-state index in [1.54, 1.807) is 12.1 Å². The molecule has 0 aromatic heterocycles. The number of hydrogen-bond acceptors (Lipinski definition) is 3. The van der Waals surface area contributed by atoms with Crippen LogP contribution in [0.2, 0.25) is 0 Å². The molecule has 0 bridgehead atoms. The fraction of sp³-hybridized carbons (Fsp3) is 0.429. The SMILES string of the molecule is O=C(O)c1cccc(C(=O)NCC[C@@H]2CCCO2)c1. The molecule has 1 aromatic carbocycles. The van der Waals surface area contributed by atoms with E-state index < -0.39 is 5.97 Å². The molecule has 19 heavy (non-hydrogen) atoms. The third-order valence-corrected chi connectivity index (χ3v) is 3.15. The van der Waals surface area contributed by atoms with Crippen molar-refractivity contribution in [3.63, 3.8) is 0 Å². The van der Waals surface area contributed by atoms with Gasteiger partial charge in [0, 0.05) is 18.7 Å². The van der Waals surface area contributed by atoms with Crippen molar-refractivity contribution in [1.82, 2.24) is 5.32 Å². The molecule has 5 heteroatoms. The average molecular weight is 263 g/mol. The third-order valence-electron chi connectivity index (χ3n) is 3.15. The van der Waals surface area contributed by atoms with Gasteiger partial charge in [-0.25, -0.2) is 4.79 Å². The van der Waals surface area contributed by atoms with Gasteiger partial charge in [0.2, 0.25) is 0 Å². The molecule has 1 saturated heterocycles. The zero-order valence-electron chi connectivity index (χ0n) is 10.6. The molecular weight excluding hydrogens is 246 g/mol. The molecule has 1 fully saturated rings. The number of rotatable bonds is 5. The molecule has 0 unspecified atom stereocenters. The summed E-state index contributed by atoms with van der Waals surface area (Å²) < 4.78 is 5.46. The van der Waals surface area contributed by atoms with Crippen LogP contribution in [0.3, 0.4) is 0 Å². The summed E-state index contributed by atoms with van der Waals surface area (Å²) in [6.45, 7) is 1.35. The minimum Gasteiger partial charge on any atom is -0.478 e. The zero-order valence-corrected chi connectivity index (χ0v) is 10.6. The number of amides is 1. The van der Waals surface area contributed by atoms with E-state index in [1.807, 2.05) is 0 Å². The molecule has 5 nitrogen and oxygen atoms in total. The van der Waals surface area contributed by atoms with Crippen LogP contribution in [0.15, 0.2) is 24.3 Å². The van der Waals surface area contributed by atoms with E-state index in [1.165, 1.54) is 12.1 Å². The number of benzene rings is 1. The molecule has 1 atom stereocenters. The van der Waals surface area contributed by atoms with Crippen molar-refractivity contribution in [2.75, 3.05) is 13.2 Å². The molecule has 0 saturated carbocycles. The summed E-state index contributed by atoms with van der Waals surface area (Å²) in [4.78, 5) is 22.7. The summed E-state index contributed by atoms with van der Waals surface area (Å²) in [7, 11) is 0. The zero-order chi connectivity index (χ0) is 13.7. The van der Waals surface area contributed by atoms with Gasteiger partial charge < -0.3 is 15.2 Å². The van der Waals surface area contributed by atoms with E-state index >= 15 is 0 Å². The minimum absolute atomic E-state index is 0.117. The first-order valence-corrected chi connectivity index (χ1v) is 6.40. The van der Waals surface area contributed by atoms with Gasteiger partial charge in [0.25, 0.3) is 5.91 Å². The Balaban J connectivity index is 1.85. The topological polar surface area (TPSA) is 75.6 Å². The molecule has 1 aliphatic heterocycles. The standard InChI is InChI=1S/C14H17NO4/c16-13(15-7-6-12-5-2-8-19-12)10-3-1-4-11(9-10)14(17)18/h1,3-4,9,12H,2,5-8H2,(H,15,16)(H,17,18)/t12-/m0/s1. The molecule has 1 aliphatic rings. The van der Waals surface area contributed by atoms with Crippen molar-refractivity contribution in [1.29, 1.82) is 0 Å². The smallest absolute Gasteiger partial charge is 0.335 e. The minimum atomic E-state index is -1.03. The first-order valence-electron chi connectivity index (χ1n) is 6.40. The molecule has 2 N–H and O–H groups in total. The number of carboxylic acids is 1. The Bertz CT molecular complexity index is 466. The van der Waals surface area contributed by atoms with E-state index in [0.717, 1.165) is 25.9 Å². The molecule has 0 aliphatic carbocycles. The van der Waals surface area contributed by atoms with Gasteiger partial charge in [-0.2, -0.15) is 0 Å². The molecule has 2 rings (SSSR count). The van der Waals surface area contributed by atoms with Crippen LogP contribution in [0.1, 0.15) is 40.0 Å². The Morgan fingerprint density at radius 3 is 2.84 bits per heavy atom. The van der Waals surface area contributed by atoms with Gasteiger partial charge in [0.15, 0.2) is 0 Å². The Morgan fingerprint density at radius 2 is 2.16 bits per heavy atom. The highest BCUT2D eigenvalue weighted by Crippen LogP contribution is 2.14. The summed E-state index contributed by atoms with van der Waals surface area (Å²) in [5.74, 6) is -1.28. The highest BCUT2D eigenvalue weighted by Gasteiger charge is 2.15. The van der Waals surface area contributed by atoms with E-state index in [9.17, 15) is 9.59 Å². The van der Waals surface area contributed by atoms with Crippen LogP contribution in [0, 0.1) is 0 Å². The lowest BCUT2D eigenvalue weighted by Gasteiger charge is -2.10. The first-order chi connectivity index (χ1) is 9.16. The lowest BCUT2D eigenvalue weighted by Crippen LogP contribution is -2.27. The van der Waals surface area contributed by atoms with Crippen molar-refractivity contribution in [2.24, 2.45) is 0 Å². The molecule has 0 radical (unpaired) electrons. The van der Waals surface area contributed by atoms with Crippen LogP contribution in [-0.2, 0) is 4.74 Å². The van der Waals surface area contributed by atoms with Gasteiger partial charge in [-0.1, -0.05) is 6.07 Å². The second-order valence-corrected chi connectivity index (χ2v) is 4.57. The maximum atomic E-state index is 11.8. The fourth-order valence-electron chi connectivity index (χ4n) is 2.11. The summed E-state index contributed by atoms with van der Waals surface area (Å²) in [5, 5.41) is 11.6.